The molecular formula is C13H11BrFNO. The van der Waals surface area contributed by atoms with E-state index in [9.17, 15) is 4.39 Å². The summed E-state index contributed by atoms with van der Waals surface area (Å²) in [7, 11) is 0. The van der Waals surface area contributed by atoms with Gasteiger partial charge in [-0.15, -0.1) is 0 Å². The lowest BCUT2D eigenvalue weighted by molar-refractivity contribution is 0.291. The van der Waals surface area contributed by atoms with E-state index >= 15 is 0 Å². The van der Waals surface area contributed by atoms with Crippen molar-refractivity contribution >= 4 is 21.6 Å². The summed E-state index contributed by atoms with van der Waals surface area (Å²) in [5, 5.41) is 0. The molecule has 0 aliphatic carbocycles. The third-order valence-electron chi connectivity index (χ3n) is 2.33. The summed E-state index contributed by atoms with van der Waals surface area (Å²) in [4.78, 5) is 0. The van der Waals surface area contributed by atoms with Crippen LogP contribution in [0, 0.1) is 5.82 Å². The van der Waals surface area contributed by atoms with E-state index in [1.54, 1.807) is 12.1 Å². The van der Waals surface area contributed by atoms with Crippen LogP contribution in [0.25, 0.3) is 0 Å². The minimum absolute atomic E-state index is 0.100. The number of nitrogens with two attached hydrogens (primary N) is 1. The van der Waals surface area contributed by atoms with Gasteiger partial charge in [0.1, 0.15) is 6.61 Å². The van der Waals surface area contributed by atoms with Crippen molar-refractivity contribution in [2.24, 2.45) is 0 Å². The highest BCUT2D eigenvalue weighted by atomic mass is 79.9. The maximum absolute atomic E-state index is 13.4. The highest BCUT2D eigenvalue weighted by Crippen LogP contribution is 2.26. The van der Waals surface area contributed by atoms with Crippen molar-refractivity contribution in [3.63, 3.8) is 0 Å². The fourth-order valence-corrected chi connectivity index (χ4v) is 1.84. The Hall–Kier alpha value is -1.55. The van der Waals surface area contributed by atoms with E-state index in [1.165, 1.54) is 6.07 Å². The van der Waals surface area contributed by atoms with E-state index in [-0.39, 0.29) is 12.4 Å². The lowest BCUT2D eigenvalue weighted by Crippen LogP contribution is -2.01. The van der Waals surface area contributed by atoms with Gasteiger partial charge in [0.2, 0.25) is 0 Å². The average molecular weight is 296 g/mol. The molecule has 0 saturated heterocycles. The standard InChI is InChI=1S/C13H11BrFNO/c14-10-5-2-1-4-9(10)8-17-13-11(15)6-3-7-12(13)16/h1-7H,8,16H2. The van der Waals surface area contributed by atoms with Crippen LogP contribution in [0.15, 0.2) is 46.9 Å². The second-order valence-corrected chi connectivity index (χ2v) is 4.39. The first-order valence-electron chi connectivity index (χ1n) is 5.08. The zero-order valence-corrected chi connectivity index (χ0v) is 10.6. The van der Waals surface area contributed by atoms with Crippen molar-refractivity contribution in [1.82, 2.24) is 0 Å². The van der Waals surface area contributed by atoms with E-state index in [0.29, 0.717) is 5.69 Å². The van der Waals surface area contributed by atoms with Gasteiger partial charge in [-0.2, -0.15) is 0 Å². The van der Waals surface area contributed by atoms with Crippen LogP contribution in [0.2, 0.25) is 0 Å². The van der Waals surface area contributed by atoms with Gasteiger partial charge in [0.05, 0.1) is 5.69 Å². The van der Waals surface area contributed by atoms with E-state index in [2.05, 4.69) is 15.9 Å². The molecule has 0 aliphatic rings. The molecule has 2 rings (SSSR count). The zero-order valence-electron chi connectivity index (χ0n) is 8.99. The minimum atomic E-state index is -0.447. The first-order valence-corrected chi connectivity index (χ1v) is 5.88. The van der Waals surface area contributed by atoms with Gasteiger partial charge in [-0.05, 0) is 18.2 Å². The fraction of sp³-hybridized carbons (Fsp3) is 0.0769. The van der Waals surface area contributed by atoms with Crippen molar-refractivity contribution in [2.45, 2.75) is 6.61 Å². The van der Waals surface area contributed by atoms with Gasteiger partial charge in [-0.25, -0.2) is 4.39 Å². The summed E-state index contributed by atoms with van der Waals surface area (Å²) in [6.45, 7) is 0.270. The Morgan fingerprint density at radius 3 is 2.59 bits per heavy atom. The van der Waals surface area contributed by atoms with Crippen molar-refractivity contribution < 1.29 is 9.13 Å². The maximum Gasteiger partial charge on any atom is 0.178 e. The number of hydrogen-bond acceptors (Lipinski definition) is 2. The summed E-state index contributed by atoms with van der Waals surface area (Å²) in [6.07, 6.45) is 0. The van der Waals surface area contributed by atoms with Crippen LogP contribution in [-0.2, 0) is 6.61 Å². The number of benzene rings is 2. The van der Waals surface area contributed by atoms with E-state index < -0.39 is 5.82 Å². The molecule has 0 saturated carbocycles. The molecule has 0 atom stereocenters. The Bertz CT molecular complexity index is 510. The fourth-order valence-electron chi connectivity index (χ4n) is 1.44. The van der Waals surface area contributed by atoms with Gasteiger partial charge >= 0.3 is 0 Å². The predicted octanol–water partition coefficient (Wildman–Crippen LogP) is 3.75. The maximum atomic E-state index is 13.4. The molecule has 0 heterocycles. The highest BCUT2D eigenvalue weighted by Gasteiger charge is 2.08. The summed E-state index contributed by atoms with van der Waals surface area (Å²) in [5.41, 5.74) is 6.89. The molecule has 0 unspecified atom stereocenters. The summed E-state index contributed by atoms with van der Waals surface area (Å²) in [5.74, 6) is -0.347. The lowest BCUT2D eigenvalue weighted by Gasteiger charge is -2.10. The first-order chi connectivity index (χ1) is 8.18. The molecule has 0 bridgehead atoms. The number of halogens is 2. The monoisotopic (exact) mass is 295 g/mol. The van der Waals surface area contributed by atoms with Crippen molar-refractivity contribution in [1.29, 1.82) is 0 Å². The third-order valence-corrected chi connectivity index (χ3v) is 3.10. The molecule has 2 nitrogen and oxygen atoms in total. The largest absolute Gasteiger partial charge is 0.484 e. The van der Waals surface area contributed by atoms with E-state index in [1.807, 2.05) is 24.3 Å². The van der Waals surface area contributed by atoms with Gasteiger partial charge in [-0.3, -0.25) is 0 Å². The van der Waals surface area contributed by atoms with Crippen LogP contribution in [0.4, 0.5) is 10.1 Å². The number of para-hydroxylation sites is 1. The highest BCUT2D eigenvalue weighted by molar-refractivity contribution is 9.10. The van der Waals surface area contributed by atoms with Crippen LogP contribution in [0.1, 0.15) is 5.56 Å². The molecule has 2 aromatic rings. The third kappa shape index (κ3) is 2.77. The van der Waals surface area contributed by atoms with Crippen molar-refractivity contribution in [3.05, 3.63) is 58.3 Å². The normalized spacial score (nSPS) is 10.2. The number of anilines is 1. The molecule has 0 aromatic heterocycles. The summed E-state index contributed by atoms with van der Waals surface area (Å²) < 4.78 is 19.8. The molecular weight excluding hydrogens is 285 g/mol. The zero-order chi connectivity index (χ0) is 12.3. The molecule has 4 heteroatoms. The second kappa shape index (κ2) is 5.19. The predicted molar refractivity (Wildman–Crippen MR) is 69.3 cm³/mol. The summed E-state index contributed by atoms with van der Waals surface area (Å²) in [6, 6.07) is 12.1. The van der Waals surface area contributed by atoms with Gasteiger partial charge in [0.25, 0.3) is 0 Å². The molecule has 0 aliphatic heterocycles. The molecule has 0 spiro atoms. The van der Waals surface area contributed by atoms with Crippen LogP contribution in [-0.4, -0.2) is 0 Å². The van der Waals surface area contributed by atoms with E-state index in [4.69, 9.17) is 10.5 Å². The number of rotatable bonds is 3. The molecule has 17 heavy (non-hydrogen) atoms. The molecule has 2 N–H and O–H groups in total. The summed E-state index contributed by atoms with van der Waals surface area (Å²) >= 11 is 3.40. The lowest BCUT2D eigenvalue weighted by atomic mass is 10.2. The Morgan fingerprint density at radius 2 is 1.88 bits per heavy atom. The van der Waals surface area contributed by atoms with Gasteiger partial charge in [0.15, 0.2) is 11.6 Å². The van der Waals surface area contributed by atoms with Crippen LogP contribution < -0.4 is 10.5 Å². The Morgan fingerprint density at radius 1 is 1.12 bits per heavy atom. The quantitative estimate of drug-likeness (QED) is 0.875. The number of hydrogen-bond donors (Lipinski definition) is 1. The van der Waals surface area contributed by atoms with Gasteiger partial charge in [0, 0.05) is 10.0 Å². The minimum Gasteiger partial charge on any atom is -0.484 e. The van der Waals surface area contributed by atoms with Crippen LogP contribution in [0.5, 0.6) is 5.75 Å². The van der Waals surface area contributed by atoms with Gasteiger partial charge < -0.3 is 10.5 Å². The van der Waals surface area contributed by atoms with E-state index in [0.717, 1.165) is 10.0 Å². The topological polar surface area (TPSA) is 35.2 Å². The van der Waals surface area contributed by atoms with Crippen molar-refractivity contribution in [2.75, 3.05) is 5.73 Å². The molecule has 0 amide bonds. The molecule has 2 aromatic carbocycles. The van der Waals surface area contributed by atoms with Crippen LogP contribution >= 0.6 is 15.9 Å². The Labute approximate surface area is 107 Å². The van der Waals surface area contributed by atoms with Crippen LogP contribution in [0.3, 0.4) is 0 Å². The average Bonchev–Trinajstić information content (AvgIpc) is 2.30. The Balaban J connectivity index is 2.16. The number of nitrogen functional groups attached to an aromatic ring is 1. The van der Waals surface area contributed by atoms with Gasteiger partial charge in [-0.1, -0.05) is 40.2 Å². The number of ether oxygens (including phenoxy) is 1. The second-order valence-electron chi connectivity index (χ2n) is 3.54. The van der Waals surface area contributed by atoms with Crippen molar-refractivity contribution in [3.8, 4) is 5.75 Å². The Kier molecular flexibility index (Phi) is 3.64. The first kappa shape index (κ1) is 11.9. The molecule has 0 radical (unpaired) electrons. The molecule has 0 fully saturated rings. The molecule has 88 valence electrons. The smallest absolute Gasteiger partial charge is 0.178 e. The SMILES string of the molecule is Nc1cccc(F)c1OCc1ccccc1Br.